The molecule has 2 aliphatic rings. The molecule has 1 N–H and O–H groups in total. The normalized spacial score (nSPS) is 17.4. The van der Waals surface area contributed by atoms with Crippen LogP contribution in [0.2, 0.25) is 0 Å². The maximum atomic E-state index is 13.4. The second-order valence-corrected chi connectivity index (χ2v) is 9.94. The Labute approximate surface area is 212 Å². The lowest BCUT2D eigenvalue weighted by atomic mass is 9.95. The van der Waals surface area contributed by atoms with Crippen LogP contribution in [0.15, 0.2) is 42.5 Å². The lowest BCUT2D eigenvalue weighted by Crippen LogP contribution is -2.51. The molecule has 2 aliphatic heterocycles. The molecule has 194 valence electrons. The van der Waals surface area contributed by atoms with Gasteiger partial charge in [-0.3, -0.25) is 19.4 Å². The van der Waals surface area contributed by atoms with Gasteiger partial charge in [0.1, 0.15) is 5.82 Å². The summed E-state index contributed by atoms with van der Waals surface area (Å²) in [6.45, 7) is 8.99. The Morgan fingerprint density at radius 3 is 2.33 bits per heavy atom. The van der Waals surface area contributed by atoms with Crippen molar-refractivity contribution in [2.75, 3.05) is 52.5 Å². The summed E-state index contributed by atoms with van der Waals surface area (Å²) in [7, 11) is 0. The quantitative estimate of drug-likeness (QED) is 0.574. The van der Waals surface area contributed by atoms with Crippen molar-refractivity contribution in [3.8, 4) is 11.5 Å². The fraction of sp³-hybridized carbons (Fsp3) is 0.500. The first-order valence-electron chi connectivity index (χ1n) is 12.8. The van der Waals surface area contributed by atoms with Crippen molar-refractivity contribution in [1.29, 1.82) is 0 Å². The fourth-order valence-corrected chi connectivity index (χ4v) is 4.72. The van der Waals surface area contributed by atoms with Gasteiger partial charge >= 0.3 is 0 Å². The Bertz CT molecular complexity index is 1050. The van der Waals surface area contributed by atoms with Crippen molar-refractivity contribution in [2.24, 2.45) is 5.92 Å². The highest BCUT2D eigenvalue weighted by molar-refractivity contribution is 5.82. The number of fused-ring (bicyclic) bond motifs is 1. The standard InChI is InChI=1S/C28H36FN3O4/c1-20(2)28(22-7-8-25-26(17-22)36-14-4-13-35-25)30-27(34)19-32-11-9-31(10-12-32)18-24(33)16-21-5-3-6-23(29)15-21/h3,5-8,15,17,20,28H,4,9-14,16,18-19H2,1-2H3,(H,30,34)/t28-/m0/s1. The van der Waals surface area contributed by atoms with Crippen LogP contribution in [-0.4, -0.2) is 74.0 Å². The van der Waals surface area contributed by atoms with Gasteiger partial charge in [-0.15, -0.1) is 0 Å². The van der Waals surface area contributed by atoms with E-state index in [0.29, 0.717) is 31.9 Å². The van der Waals surface area contributed by atoms with E-state index in [0.717, 1.165) is 49.7 Å². The number of ketones is 1. The number of hydrogen-bond donors (Lipinski definition) is 1. The van der Waals surface area contributed by atoms with Gasteiger partial charge < -0.3 is 14.8 Å². The number of carbonyl (C=O) groups excluding carboxylic acids is 2. The van der Waals surface area contributed by atoms with Crippen molar-refractivity contribution in [1.82, 2.24) is 15.1 Å². The summed E-state index contributed by atoms with van der Waals surface area (Å²) in [5, 5.41) is 3.20. The minimum Gasteiger partial charge on any atom is -0.490 e. The monoisotopic (exact) mass is 497 g/mol. The van der Waals surface area contributed by atoms with Crippen molar-refractivity contribution < 1.29 is 23.5 Å². The zero-order valence-corrected chi connectivity index (χ0v) is 21.2. The van der Waals surface area contributed by atoms with E-state index >= 15 is 0 Å². The molecule has 0 unspecified atom stereocenters. The Kier molecular flexibility index (Phi) is 8.93. The Morgan fingerprint density at radius 2 is 1.64 bits per heavy atom. The predicted octanol–water partition coefficient (Wildman–Crippen LogP) is 3.23. The molecule has 0 spiro atoms. The number of Topliss-reactive ketones (excluding diaryl/α,β-unsaturated/α-hetero) is 1. The molecule has 0 bridgehead atoms. The van der Waals surface area contributed by atoms with Crippen molar-refractivity contribution >= 4 is 11.7 Å². The third-order valence-corrected chi connectivity index (χ3v) is 6.64. The summed E-state index contributed by atoms with van der Waals surface area (Å²) >= 11 is 0. The van der Waals surface area contributed by atoms with Crippen LogP contribution in [-0.2, 0) is 16.0 Å². The third-order valence-electron chi connectivity index (χ3n) is 6.64. The molecule has 1 fully saturated rings. The van der Waals surface area contributed by atoms with E-state index in [1.54, 1.807) is 12.1 Å². The second-order valence-electron chi connectivity index (χ2n) is 9.94. The predicted molar refractivity (Wildman–Crippen MR) is 136 cm³/mol. The van der Waals surface area contributed by atoms with Gasteiger partial charge in [-0.1, -0.05) is 32.0 Å². The van der Waals surface area contributed by atoms with Crippen molar-refractivity contribution in [3.63, 3.8) is 0 Å². The van der Waals surface area contributed by atoms with Gasteiger partial charge in [-0.05, 0) is 41.3 Å². The number of nitrogens with zero attached hydrogens (tertiary/aromatic N) is 2. The molecule has 0 saturated carbocycles. The van der Waals surface area contributed by atoms with Crippen LogP contribution in [0.3, 0.4) is 0 Å². The Hall–Kier alpha value is -2.97. The molecule has 2 aromatic carbocycles. The molecule has 2 aromatic rings. The zero-order chi connectivity index (χ0) is 25.5. The van der Waals surface area contributed by atoms with Crippen LogP contribution >= 0.6 is 0 Å². The minimum atomic E-state index is -0.323. The molecule has 1 saturated heterocycles. The van der Waals surface area contributed by atoms with Crippen LogP contribution in [0.5, 0.6) is 11.5 Å². The highest BCUT2D eigenvalue weighted by Gasteiger charge is 2.24. The molecule has 0 radical (unpaired) electrons. The lowest BCUT2D eigenvalue weighted by molar-refractivity contribution is -0.124. The van der Waals surface area contributed by atoms with Gasteiger partial charge in [0.2, 0.25) is 5.91 Å². The number of carbonyl (C=O) groups is 2. The summed E-state index contributed by atoms with van der Waals surface area (Å²) in [6, 6.07) is 12.0. The third kappa shape index (κ3) is 7.27. The van der Waals surface area contributed by atoms with Crippen LogP contribution < -0.4 is 14.8 Å². The molecule has 0 aliphatic carbocycles. The molecule has 0 aromatic heterocycles. The minimum absolute atomic E-state index is 0.0172. The first kappa shape index (κ1) is 26.1. The number of hydrogen-bond acceptors (Lipinski definition) is 6. The number of benzene rings is 2. The highest BCUT2D eigenvalue weighted by atomic mass is 19.1. The van der Waals surface area contributed by atoms with Gasteiger partial charge in [0.15, 0.2) is 17.3 Å². The first-order valence-corrected chi connectivity index (χ1v) is 12.8. The molecule has 7 nitrogen and oxygen atoms in total. The summed E-state index contributed by atoms with van der Waals surface area (Å²) in [5.41, 5.74) is 1.70. The SMILES string of the molecule is CC(C)[C@H](NC(=O)CN1CCN(CC(=O)Cc2cccc(F)c2)CC1)c1ccc2c(c1)OCCCO2. The maximum Gasteiger partial charge on any atom is 0.234 e. The number of amides is 1. The summed E-state index contributed by atoms with van der Waals surface area (Å²) in [5.74, 6) is 1.42. The first-order chi connectivity index (χ1) is 17.4. The smallest absolute Gasteiger partial charge is 0.234 e. The number of piperazine rings is 1. The van der Waals surface area contributed by atoms with E-state index in [1.807, 2.05) is 18.2 Å². The largest absolute Gasteiger partial charge is 0.490 e. The number of ether oxygens (including phenoxy) is 2. The van der Waals surface area contributed by atoms with Crippen LogP contribution in [0.4, 0.5) is 4.39 Å². The van der Waals surface area contributed by atoms with E-state index in [1.165, 1.54) is 12.1 Å². The lowest BCUT2D eigenvalue weighted by Gasteiger charge is -2.34. The molecule has 2 heterocycles. The van der Waals surface area contributed by atoms with E-state index < -0.39 is 0 Å². The van der Waals surface area contributed by atoms with Gasteiger partial charge in [0.25, 0.3) is 0 Å². The molecular weight excluding hydrogens is 461 g/mol. The molecule has 1 atom stereocenters. The fourth-order valence-electron chi connectivity index (χ4n) is 4.72. The number of nitrogens with one attached hydrogen (secondary N) is 1. The average Bonchev–Trinajstić information content (AvgIpc) is 3.08. The van der Waals surface area contributed by atoms with Crippen LogP contribution in [0.25, 0.3) is 0 Å². The topological polar surface area (TPSA) is 71.1 Å². The average molecular weight is 498 g/mol. The molecular formula is C28H36FN3O4. The second kappa shape index (κ2) is 12.3. The Morgan fingerprint density at radius 1 is 0.944 bits per heavy atom. The molecule has 8 heteroatoms. The maximum absolute atomic E-state index is 13.4. The van der Waals surface area contributed by atoms with Gasteiger partial charge in [0.05, 0.1) is 32.3 Å². The van der Waals surface area contributed by atoms with Crippen LogP contribution in [0, 0.1) is 11.7 Å². The van der Waals surface area contributed by atoms with E-state index in [9.17, 15) is 14.0 Å². The van der Waals surface area contributed by atoms with Crippen molar-refractivity contribution in [2.45, 2.75) is 32.7 Å². The van der Waals surface area contributed by atoms with Gasteiger partial charge in [0, 0.05) is 39.0 Å². The van der Waals surface area contributed by atoms with Crippen molar-refractivity contribution in [3.05, 3.63) is 59.4 Å². The summed E-state index contributed by atoms with van der Waals surface area (Å²) in [6.07, 6.45) is 1.08. The van der Waals surface area contributed by atoms with E-state index in [-0.39, 0.29) is 35.9 Å². The van der Waals surface area contributed by atoms with Crippen LogP contribution in [0.1, 0.15) is 37.4 Å². The Balaban J connectivity index is 1.25. The van der Waals surface area contributed by atoms with Gasteiger partial charge in [-0.25, -0.2) is 4.39 Å². The number of halogens is 1. The summed E-state index contributed by atoms with van der Waals surface area (Å²) in [4.78, 5) is 29.6. The zero-order valence-electron chi connectivity index (χ0n) is 21.2. The molecule has 1 amide bonds. The highest BCUT2D eigenvalue weighted by Crippen LogP contribution is 2.34. The van der Waals surface area contributed by atoms with Gasteiger partial charge in [-0.2, -0.15) is 0 Å². The van der Waals surface area contributed by atoms with E-state index in [2.05, 4.69) is 29.0 Å². The summed E-state index contributed by atoms with van der Waals surface area (Å²) < 4.78 is 24.9. The van der Waals surface area contributed by atoms with E-state index in [4.69, 9.17) is 9.47 Å². The molecule has 36 heavy (non-hydrogen) atoms. The molecule has 4 rings (SSSR count). The number of rotatable bonds is 9.